The number of carbonyl (C=O) groups is 1. The van der Waals surface area contributed by atoms with E-state index in [0.717, 1.165) is 35.4 Å². The van der Waals surface area contributed by atoms with Crippen molar-refractivity contribution in [1.82, 2.24) is 10.9 Å². The minimum Gasteiger partial charge on any atom is -0.267 e. The lowest BCUT2D eigenvalue weighted by Gasteiger charge is -2.07. The number of halogens is 5. The highest BCUT2D eigenvalue weighted by Crippen LogP contribution is 2.29. The first-order chi connectivity index (χ1) is 16.2. The molecule has 0 saturated heterocycles. The van der Waals surface area contributed by atoms with Crippen LogP contribution in [0.1, 0.15) is 27.0 Å². The first kappa shape index (κ1) is 24.9. The molecule has 0 heterocycles. The number of hydrazone groups is 2. The van der Waals surface area contributed by atoms with E-state index >= 15 is 0 Å². The van der Waals surface area contributed by atoms with Crippen molar-refractivity contribution in [3.63, 3.8) is 0 Å². The summed E-state index contributed by atoms with van der Waals surface area (Å²) in [6, 6.07) is 17.3. The molecule has 174 valence electrons. The predicted molar refractivity (Wildman–Crippen MR) is 128 cm³/mol. The third-order valence-corrected chi connectivity index (χ3v) is 4.68. The highest BCUT2D eigenvalue weighted by molar-refractivity contribution is 6.30. The van der Waals surface area contributed by atoms with Gasteiger partial charge in [-0.3, -0.25) is 4.79 Å². The molecule has 2 N–H and O–H groups in total. The minimum atomic E-state index is -4.51. The zero-order chi connectivity index (χ0) is 24.6. The molecule has 0 saturated carbocycles. The van der Waals surface area contributed by atoms with E-state index in [1.165, 1.54) is 12.4 Å². The summed E-state index contributed by atoms with van der Waals surface area (Å²) < 4.78 is 38.3. The van der Waals surface area contributed by atoms with Crippen LogP contribution in [0.15, 0.2) is 88.0 Å². The summed E-state index contributed by atoms with van der Waals surface area (Å²) in [4.78, 5) is 16.3. The van der Waals surface area contributed by atoms with Crippen molar-refractivity contribution >= 4 is 47.5 Å². The molecule has 0 aliphatic heterocycles. The second kappa shape index (κ2) is 11.4. The van der Waals surface area contributed by atoms with Crippen LogP contribution in [-0.2, 0) is 6.18 Å². The standard InChI is InChI=1S/C23H16Cl2F3N5O/c24-19-9-1-15(2-10-19)13-29-32-22(33-30-14-16-3-11-20(25)12-4-16)31-21(34)17-5-7-18(8-6-17)23(26,27)28/h1-14H,(H2,31,32,33,34). The van der Waals surface area contributed by atoms with Crippen molar-refractivity contribution in [2.75, 3.05) is 0 Å². The number of hydrogen-bond acceptors (Lipinski definition) is 3. The normalized spacial score (nSPS) is 11.6. The summed E-state index contributed by atoms with van der Waals surface area (Å²) in [6.07, 6.45) is -1.59. The largest absolute Gasteiger partial charge is 0.416 e. The molecule has 0 atom stereocenters. The van der Waals surface area contributed by atoms with Gasteiger partial charge in [0.2, 0.25) is 5.96 Å². The summed E-state index contributed by atoms with van der Waals surface area (Å²) in [5.74, 6) is -0.951. The Bertz CT molecular complexity index is 1150. The lowest BCUT2D eigenvalue weighted by Crippen LogP contribution is -2.32. The Balaban J connectivity index is 1.77. The van der Waals surface area contributed by atoms with Gasteiger partial charge in [-0.2, -0.15) is 28.4 Å². The first-order valence-electron chi connectivity index (χ1n) is 9.60. The van der Waals surface area contributed by atoms with Crippen LogP contribution < -0.4 is 10.9 Å². The number of benzene rings is 3. The molecule has 11 heteroatoms. The van der Waals surface area contributed by atoms with Crippen LogP contribution in [0.3, 0.4) is 0 Å². The topological polar surface area (TPSA) is 78.2 Å². The lowest BCUT2D eigenvalue weighted by atomic mass is 10.1. The zero-order valence-electron chi connectivity index (χ0n) is 17.2. The molecule has 0 unspecified atom stereocenters. The zero-order valence-corrected chi connectivity index (χ0v) is 18.7. The van der Waals surface area contributed by atoms with Gasteiger partial charge in [-0.05, 0) is 59.7 Å². The van der Waals surface area contributed by atoms with Gasteiger partial charge < -0.3 is 0 Å². The Labute approximate surface area is 202 Å². The predicted octanol–water partition coefficient (Wildman–Crippen LogP) is 5.76. The molecule has 3 aromatic carbocycles. The van der Waals surface area contributed by atoms with Crippen molar-refractivity contribution in [3.05, 3.63) is 105 Å². The number of aliphatic imine (C=N–C) groups is 1. The number of rotatable bonds is 5. The Kier molecular flexibility index (Phi) is 8.39. The molecule has 0 bridgehead atoms. The van der Waals surface area contributed by atoms with E-state index in [1.807, 2.05) is 0 Å². The fourth-order valence-corrected chi connectivity index (χ4v) is 2.73. The van der Waals surface area contributed by atoms with Crippen molar-refractivity contribution in [2.45, 2.75) is 6.18 Å². The van der Waals surface area contributed by atoms with Gasteiger partial charge in [-0.1, -0.05) is 47.5 Å². The van der Waals surface area contributed by atoms with E-state index < -0.39 is 17.6 Å². The van der Waals surface area contributed by atoms with Crippen LogP contribution >= 0.6 is 23.2 Å². The molecular weight excluding hydrogens is 490 g/mol. The van der Waals surface area contributed by atoms with Crippen molar-refractivity contribution in [1.29, 1.82) is 0 Å². The number of alkyl halides is 3. The highest BCUT2D eigenvalue weighted by Gasteiger charge is 2.30. The van der Waals surface area contributed by atoms with Gasteiger partial charge in [0.1, 0.15) is 0 Å². The van der Waals surface area contributed by atoms with Crippen LogP contribution in [-0.4, -0.2) is 24.3 Å². The number of nitrogens with zero attached hydrogens (tertiary/aromatic N) is 3. The third kappa shape index (κ3) is 7.72. The number of nitrogens with one attached hydrogen (secondary N) is 2. The second-order valence-electron chi connectivity index (χ2n) is 6.68. The summed E-state index contributed by atoms with van der Waals surface area (Å²) >= 11 is 11.7. The lowest BCUT2D eigenvalue weighted by molar-refractivity contribution is -0.137. The second-order valence-corrected chi connectivity index (χ2v) is 7.56. The van der Waals surface area contributed by atoms with Crippen molar-refractivity contribution in [2.24, 2.45) is 15.2 Å². The van der Waals surface area contributed by atoms with Gasteiger partial charge in [0, 0.05) is 15.6 Å². The van der Waals surface area contributed by atoms with Gasteiger partial charge in [0.25, 0.3) is 5.91 Å². The molecule has 0 spiro atoms. The van der Waals surface area contributed by atoms with E-state index in [2.05, 4.69) is 26.0 Å². The molecule has 0 radical (unpaired) electrons. The van der Waals surface area contributed by atoms with E-state index in [9.17, 15) is 18.0 Å². The average Bonchev–Trinajstić information content (AvgIpc) is 2.81. The average molecular weight is 506 g/mol. The van der Waals surface area contributed by atoms with E-state index in [-0.39, 0.29) is 11.5 Å². The molecule has 0 aromatic heterocycles. The van der Waals surface area contributed by atoms with Gasteiger partial charge in [0.15, 0.2) is 0 Å². The van der Waals surface area contributed by atoms with E-state index in [4.69, 9.17) is 23.2 Å². The monoisotopic (exact) mass is 505 g/mol. The van der Waals surface area contributed by atoms with Crippen LogP contribution in [0, 0.1) is 0 Å². The number of amides is 1. The molecule has 1 amide bonds. The number of guanidine groups is 1. The summed E-state index contributed by atoms with van der Waals surface area (Å²) in [7, 11) is 0. The maximum Gasteiger partial charge on any atom is 0.416 e. The summed E-state index contributed by atoms with van der Waals surface area (Å²) in [6.45, 7) is 0. The SMILES string of the molecule is O=C(N=C(NN=Cc1ccc(Cl)cc1)NN=Cc1ccc(Cl)cc1)c1ccc(C(F)(F)F)cc1. The van der Waals surface area contributed by atoms with Crippen LogP contribution in [0.2, 0.25) is 10.0 Å². The highest BCUT2D eigenvalue weighted by atomic mass is 35.5. The molecule has 6 nitrogen and oxygen atoms in total. The molecule has 0 fully saturated rings. The van der Waals surface area contributed by atoms with Crippen molar-refractivity contribution in [3.8, 4) is 0 Å². The fraction of sp³-hybridized carbons (Fsp3) is 0.0435. The number of hydrogen-bond donors (Lipinski definition) is 2. The van der Waals surface area contributed by atoms with Gasteiger partial charge in [-0.25, -0.2) is 10.9 Å². The molecule has 3 aromatic rings. The van der Waals surface area contributed by atoms with Crippen LogP contribution in [0.5, 0.6) is 0 Å². The van der Waals surface area contributed by atoms with Crippen LogP contribution in [0.25, 0.3) is 0 Å². The van der Waals surface area contributed by atoms with Gasteiger partial charge >= 0.3 is 6.18 Å². The summed E-state index contributed by atoms with van der Waals surface area (Å²) in [5, 5.41) is 9.12. The molecule has 0 aliphatic carbocycles. The molecule has 3 rings (SSSR count). The van der Waals surface area contributed by atoms with E-state index in [0.29, 0.717) is 10.0 Å². The quantitative estimate of drug-likeness (QED) is 0.263. The Morgan fingerprint density at radius 2 is 1.18 bits per heavy atom. The molecule has 0 aliphatic rings. The third-order valence-electron chi connectivity index (χ3n) is 4.18. The fourth-order valence-electron chi connectivity index (χ4n) is 2.48. The summed E-state index contributed by atoms with van der Waals surface area (Å²) in [5.41, 5.74) is 5.63. The maximum absolute atomic E-state index is 12.8. The van der Waals surface area contributed by atoms with Gasteiger partial charge in [0.05, 0.1) is 18.0 Å². The number of carbonyl (C=O) groups excluding carboxylic acids is 1. The first-order valence-corrected chi connectivity index (χ1v) is 10.4. The smallest absolute Gasteiger partial charge is 0.267 e. The Morgan fingerprint density at radius 1 is 0.735 bits per heavy atom. The van der Waals surface area contributed by atoms with Crippen LogP contribution in [0.4, 0.5) is 13.2 Å². The maximum atomic E-state index is 12.8. The Morgan fingerprint density at radius 3 is 1.59 bits per heavy atom. The van der Waals surface area contributed by atoms with Gasteiger partial charge in [-0.15, -0.1) is 0 Å². The molecular formula is C23H16Cl2F3N5O. The van der Waals surface area contributed by atoms with E-state index in [1.54, 1.807) is 48.5 Å². The molecule has 34 heavy (non-hydrogen) atoms. The Hall–Kier alpha value is -3.69. The minimum absolute atomic E-state index is 0.0440. The van der Waals surface area contributed by atoms with Crippen molar-refractivity contribution < 1.29 is 18.0 Å².